The van der Waals surface area contributed by atoms with Crippen LogP contribution < -0.4 is 0 Å². The molecule has 1 aromatic rings. The van der Waals surface area contributed by atoms with Gasteiger partial charge in [0, 0.05) is 12.0 Å². The van der Waals surface area contributed by atoms with Crippen molar-refractivity contribution < 1.29 is 9.84 Å². The van der Waals surface area contributed by atoms with Gasteiger partial charge in [-0.1, -0.05) is 37.3 Å². The predicted molar refractivity (Wildman–Crippen MR) is 69.1 cm³/mol. The topological polar surface area (TPSA) is 29.5 Å². The highest BCUT2D eigenvalue weighted by atomic mass is 16.5. The van der Waals surface area contributed by atoms with Crippen LogP contribution in [0.2, 0.25) is 0 Å². The summed E-state index contributed by atoms with van der Waals surface area (Å²) in [6.45, 7) is 3.23. The van der Waals surface area contributed by atoms with E-state index in [4.69, 9.17) is 4.74 Å². The molecule has 1 aliphatic heterocycles. The number of aliphatic hydroxyl groups is 1. The van der Waals surface area contributed by atoms with Crippen molar-refractivity contribution in [2.45, 2.75) is 44.1 Å². The molecule has 1 fully saturated rings. The van der Waals surface area contributed by atoms with E-state index in [0.29, 0.717) is 6.10 Å². The Hall–Kier alpha value is -0.860. The number of aliphatic hydroxyl groups excluding tert-OH is 1. The lowest BCUT2D eigenvalue weighted by atomic mass is 9.74. The zero-order valence-corrected chi connectivity index (χ0v) is 10.6. The summed E-state index contributed by atoms with van der Waals surface area (Å²) in [7, 11) is 0. The second kappa shape index (κ2) is 5.65. The first-order chi connectivity index (χ1) is 8.30. The average molecular weight is 234 g/mol. The number of rotatable bonds is 5. The molecule has 0 aliphatic carbocycles. The van der Waals surface area contributed by atoms with E-state index < -0.39 is 0 Å². The van der Waals surface area contributed by atoms with E-state index in [-0.39, 0.29) is 12.0 Å². The van der Waals surface area contributed by atoms with Gasteiger partial charge in [-0.15, -0.1) is 0 Å². The Bertz CT molecular complexity index is 324. The average Bonchev–Trinajstić information content (AvgIpc) is 2.90. The molecule has 2 unspecified atom stereocenters. The molecule has 94 valence electrons. The number of benzene rings is 1. The molecule has 2 heteroatoms. The van der Waals surface area contributed by atoms with Crippen LogP contribution in [0.5, 0.6) is 0 Å². The van der Waals surface area contributed by atoms with Gasteiger partial charge in [0.05, 0.1) is 12.7 Å². The number of hydrogen-bond acceptors (Lipinski definition) is 2. The maximum Gasteiger partial charge on any atom is 0.0585 e. The van der Waals surface area contributed by atoms with Crippen LogP contribution in [0.1, 0.15) is 38.2 Å². The van der Waals surface area contributed by atoms with Crippen LogP contribution in [-0.4, -0.2) is 24.4 Å². The molecule has 17 heavy (non-hydrogen) atoms. The van der Waals surface area contributed by atoms with Crippen molar-refractivity contribution in [1.82, 2.24) is 0 Å². The van der Waals surface area contributed by atoms with E-state index in [9.17, 15) is 5.11 Å². The summed E-state index contributed by atoms with van der Waals surface area (Å²) in [6, 6.07) is 10.4. The molecule has 1 aromatic carbocycles. The van der Waals surface area contributed by atoms with Crippen molar-refractivity contribution >= 4 is 0 Å². The van der Waals surface area contributed by atoms with Gasteiger partial charge in [0.25, 0.3) is 0 Å². The molecule has 1 aliphatic rings. The maximum atomic E-state index is 9.83. The zero-order valence-electron chi connectivity index (χ0n) is 10.6. The molecule has 1 saturated heterocycles. The minimum atomic E-state index is -0.129. The van der Waals surface area contributed by atoms with E-state index >= 15 is 0 Å². The molecule has 1 N–H and O–H groups in total. The van der Waals surface area contributed by atoms with Crippen molar-refractivity contribution in [2.75, 3.05) is 13.2 Å². The summed E-state index contributed by atoms with van der Waals surface area (Å²) in [5.74, 6) is 0. The fourth-order valence-electron chi connectivity index (χ4n) is 2.77. The first kappa shape index (κ1) is 12.6. The third-order valence-corrected chi connectivity index (χ3v) is 4.01. The first-order valence-electron chi connectivity index (χ1n) is 6.59. The SMILES string of the molecule is CCC(CO)(CC1CCCO1)c1ccccc1. The van der Waals surface area contributed by atoms with Crippen LogP contribution in [-0.2, 0) is 10.2 Å². The van der Waals surface area contributed by atoms with Gasteiger partial charge in [-0.25, -0.2) is 0 Å². The molecule has 0 spiro atoms. The van der Waals surface area contributed by atoms with Crippen LogP contribution in [0.3, 0.4) is 0 Å². The van der Waals surface area contributed by atoms with Gasteiger partial charge in [0.1, 0.15) is 0 Å². The van der Waals surface area contributed by atoms with Gasteiger partial charge in [-0.2, -0.15) is 0 Å². The normalized spacial score (nSPS) is 23.5. The first-order valence-corrected chi connectivity index (χ1v) is 6.59. The molecule has 0 bridgehead atoms. The Morgan fingerprint density at radius 2 is 2.12 bits per heavy atom. The summed E-state index contributed by atoms with van der Waals surface area (Å²) >= 11 is 0. The minimum absolute atomic E-state index is 0.129. The summed E-state index contributed by atoms with van der Waals surface area (Å²) in [4.78, 5) is 0. The minimum Gasteiger partial charge on any atom is -0.395 e. The quantitative estimate of drug-likeness (QED) is 0.849. The maximum absolute atomic E-state index is 9.83. The number of ether oxygens (including phenoxy) is 1. The smallest absolute Gasteiger partial charge is 0.0585 e. The van der Waals surface area contributed by atoms with Crippen molar-refractivity contribution in [3.05, 3.63) is 35.9 Å². The van der Waals surface area contributed by atoms with Gasteiger partial charge >= 0.3 is 0 Å². The van der Waals surface area contributed by atoms with Crippen molar-refractivity contribution in [3.63, 3.8) is 0 Å². The Labute approximate surface area is 104 Å². The fourth-order valence-corrected chi connectivity index (χ4v) is 2.77. The third-order valence-electron chi connectivity index (χ3n) is 4.01. The van der Waals surface area contributed by atoms with Crippen molar-refractivity contribution in [1.29, 1.82) is 0 Å². The zero-order chi connectivity index (χ0) is 12.1. The molecule has 0 aromatic heterocycles. The summed E-state index contributed by atoms with van der Waals surface area (Å²) in [6.07, 6.45) is 4.50. The molecule has 2 atom stereocenters. The van der Waals surface area contributed by atoms with Gasteiger partial charge in [-0.3, -0.25) is 0 Å². The molecule has 2 rings (SSSR count). The molecule has 0 radical (unpaired) electrons. The molecular formula is C15H22O2. The highest BCUT2D eigenvalue weighted by Gasteiger charge is 2.34. The Kier molecular flexibility index (Phi) is 4.19. The second-order valence-electron chi connectivity index (χ2n) is 5.00. The molecule has 0 saturated carbocycles. The second-order valence-corrected chi connectivity index (χ2v) is 5.00. The van der Waals surface area contributed by atoms with Crippen LogP contribution in [0.15, 0.2) is 30.3 Å². The summed E-state index contributed by atoms with van der Waals surface area (Å²) in [5.41, 5.74) is 1.11. The van der Waals surface area contributed by atoms with E-state index in [1.54, 1.807) is 0 Å². The monoisotopic (exact) mass is 234 g/mol. The fraction of sp³-hybridized carbons (Fsp3) is 0.600. The Balaban J connectivity index is 2.19. The van der Waals surface area contributed by atoms with Gasteiger partial charge < -0.3 is 9.84 Å². The summed E-state index contributed by atoms with van der Waals surface area (Å²) in [5, 5.41) is 9.83. The van der Waals surface area contributed by atoms with Crippen molar-refractivity contribution in [3.8, 4) is 0 Å². The van der Waals surface area contributed by atoms with E-state index in [2.05, 4.69) is 19.1 Å². The number of hydrogen-bond donors (Lipinski definition) is 1. The standard InChI is InChI=1S/C15H22O2/c1-2-15(12-16,11-14-9-6-10-17-14)13-7-4-3-5-8-13/h3-5,7-8,14,16H,2,6,9-12H2,1H3. The van der Waals surface area contributed by atoms with Crippen LogP contribution in [0.25, 0.3) is 0 Å². The van der Waals surface area contributed by atoms with Crippen molar-refractivity contribution in [2.24, 2.45) is 0 Å². The lowest BCUT2D eigenvalue weighted by Gasteiger charge is -2.33. The molecule has 1 heterocycles. The summed E-state index contributed by atoms with van der Waals surface area (Å²) < 4.78 is 5.72. The molecule has 0 amide bonds. The van der Waals surface area contributed by atoms with Crippen LogP contribution in [0.4, 0.5) is 0 Å². The van der Waals surface area contributed by atoms with E-state index in [0.717, 1.165) is 32.3 Å². The lowest BCUT2D eigenvalue weighted by molar-refractivity contribution is 0.0619. The lowest BCUT2D eigenvalue weighted by Crippen LogP contribution is -2.34. The molecule has 2 nitrogen and oxygen atoms in total. The van der Waals surface area contributed by atoms with Gasteiger partial charge in [0.15, 0.2) is 0 Å². The Morgan fingerprint density at radius 1 is 1.35 bits per heavy atom. The Morgan fingerprint density at radius 3 is 2.65 bits per heavy atom. The van der Waals surface area contributed by atoms with Crippen LogP contribution in [0, 0.1) is 0 Å². The predicted octanol–water partition coefficient (Wildman–Crippen LogP) is 2.90. The van der Waals surface area contributed by atoms with Gasteiger partial charge in [0.2, 0.25) is 0 Å². The molecular weight excluding hydrogens is 212 g/mol. The van der Waals surface area contributed by atoms with Crippen LogP contribution >= 0.6 is 0 Å². The highest BCUT2D eigenvalue weighted by molar-refractivity contribution is 5.25. The van der Waals surface area contributed by atoms with E-state index in [1.807, 2.05) is 18.2 Å². The van der Waals surface area contributed by atoms with Gasteiger partial charge in [-0.05, 0) is 31.2 Å². The van der Waals surface area contributed by atoms with E-state index in [1.165, 1.54) is 5.56 Å². The largest absolute Gasteiger partial charge is 0.395 e. The third kappa shape index (κ3) is 2.70. The highest BCUT2D eigenvalue weighted by Crippen LogP contribution is 2.35.